The summed E-state index contributed by atoms with van der Waals surface area (Å²) in [6.07, 6.45) is -0.0157. The van der Waals surface area contributed by atoms with Gasteiger partial charge in [0.05, 0.1) is 0 Å². The molecule has 1 atom stereocenters. The van der Waals surface area contributed by atoms with Crippen LogP contribution in [0.1, 0.15) is 19.4 Å². The third kappa shape index (κ3) is 4.19. The third-order valence-electron chi connectivity index (χ3n) is 3.22. The van der Waals surface area contributed by atoms with Gasteiger partial charge in [-0.15, -0.1) is 0 Å². The number of phenolic OH excluding ortho intramolecular Hbond substituents is 1. The van der Waals surface area contributed by atoms with Crippen LogP contribution < -0.4 is 10.8 Å². The highest BCUT2D eigenvalue weighted by Crippen LogP contribution is 2.17. The van der Waals surface area contributed by atoms with E-state index in [1.807, 2.05) is 0 Å². The molecular weight excluding hydrogens is 292 g/mol. The van der Waals surface area contributed by atoms with Gasteiger partial charge in [0.2, 0.25) is 5.91 Å². The van der Waals surface area contributed by atoms with Gasteiger partial charge in [-0.2, -0.15) is 0 Å². The Morgan fingerprint density at radius 3 is 2.14 bits per heavy atom. The monoisotopic (exact) mass is 310 g/mol. The Kier molecular flexibility index (Phi) is 5.47. The Balaban J connectivity index is 2.84. The molecule has 5 N–H and O–H groups in total. The molecule has 0 fully saturated rings. The number of carbonyl (C=O) groups excluding carboxylic acids is 2. The summed E-state index contributed by atoms with van der Waals surface area (Å²) in [6, 6.07) is 4.62. The van der Waals surface area contributed by atoms with Gasteiger partial charge in [0.25, 0.3) is 5.91 Å². The van der Waals surface area contributed by atoms with E-state index >= 15 is 0 Å². The number of benzene rings is 1. The Morgan fingerprint density at radius 2 is 1.68 bits per heavy atom. The number of aromatic hydroxyl groups is 1. The molecule has 1 unspecified atom stereocenters. The van der Waals surface area contributed by atoms with Crippen LogP contribution in [-0.4, -0.2) is 39.2 Å². The first-order chi connectivity index (χ1) is 10.2. The molecule has 0 heterocycles. The second-order valence-electron chi connectivity index (χ2n) is 5.30. The van der Waals surface area contributed by atoms with Gasteiger partial charge in [0.15, 0.2) is 0 Å². The molecule has 0 aliphatic heterocycles. The fourth-order valence-corrected chi connectivity index (χ4v) is 1.65. The minimum atomic E-state index is -1.63. The minimum absolute atomic E-state index is 0.0157. The lowest BCUT2D eigenvalue weighted by Gasteiger charge is -2.23. The maximum absolute atomic E-state index is 12.0. The topological polar surface area (TPSA) is 136 Å². The number of amides is 2. The normalized spacial score (nSPS) is 12.3. The molecule has 0 saturated heterocycles. The lowest BCUT2D eigenvalue weighted by atomic mass is 9.90. The first-order valence-electron chi connectivity index (χ1n) is 6.44. The molecule has 0 radical (unpaired) electrons. The van der Waals surface area contributed by atoms with E-state index in [4.69, 9.17) is 5.21 Å². The van der Waals surface area contributed by atoms with Gasteiger partial charge in [-0.25, -0.2) is 10.3 Å². The summed E-state index contributed by atoms with van der Waals surface area (Å²) in [5.74, 6) is -2.99. The van der Waals surface area contributed by atoms with Crippen LogP contribution in [0, 0.1) is 5.41 Å². The summed E-state index contributed by atoms with van der Waals surface area (Å²) in [5.41, 5.74) is 0.335. The van der Waals surface area contributed by atoms with E-state index in [0.29, 0.717) is 5.56 Å². The quantitative estimate of drug-likeness (QED) is 0.286. The van der Waals surface area contributed by atoms with Crippen molar-refractivity contribution in [2.75, 3.05) is 0 Å². The average molecular weight is 310 g/mol. The number of nitrogens with one attached hydrogen (secondary N) is 2. The number of carboxylic acids is 1. The van der Waals surface area contributed by atoms with E-state index in [1.165, 1.54) is 43.6 Å². The molecule has 0 spiro atoms. The number of phenols is 1. The molecule has 0 bridgehead atoms. The summed E-state index contributed by atoms with van der Waals surface area (Å²) in [5, 5.41) is 29.2. The molecular formula is C14H18N2O6. The van der Waals surface area contributed by atoms with Crippen LogP contribution in [0.4, 0.5) is 0 Å². The minimum Gasteiger partial charge on any atom is -0.508 e. The van der Waals surface area contributed by atoms with E-state index < -0.39 is 29.2 Å². The zero-order valence-electron chi connectivity index (χ0n) is 12.2. The molecule has 2 amide bonds. The van der Waals surface area contributed by atoms with Crippen LogP contribution in [0.15, 0.2) is 24.3 Å². The number of hydrogen-bond donors (Lipinski definition) is 5. The molecule has 22 heavy (non-hydrogen) atoms. The molecule has 0 aromatic heterocycles. The Morgan fingerprint density at radius 1 is 1.14 bits per heavy atom. The number of hydroxylamine groups is 1. The van der Waals surface area contributed by atoms with Crippen molar-refractivity contribution >= 4 is 17.8 Å². The van der Waals surface area contributed by atoms with E-state index in [1.54, 1.807) is 0 Å². The molecule has 1 aromatic rings. The Bertz CT molecular complexity index is 567. The van der Waals surface area contributed by atoms with Crippen molar-refractivity contribution in [2.24, 2.45) is 5.41 Å². The van der Waals surface area contributed by atoms with E-state index in [9.17, 15) is 24.6 Å². The fraction of sp³-hybridized carbons (Fsp3) is 0.357. The average Bonchev–Trinajstić information content (AvgIpc) is 2.47. The van der Waals surface area contributed by atoms with Crippen molar-refractivity contribution in [3.05, 3.63) is 29.8 Å². The lowest BCUT2D eigenvalue weighted by Crippen LogP contribution is -2.52. The maximum atomic E-state index is 12.0. The van der Waals surface area contributed by atoms with Crippen molar-refractivity contribution in [3.63, 3.8) is 0 Å². The first kappa shape index (κ1) is 17.4. The molecule has 1 aromatic carbocycles. The van der Waals surface area contributed by atoms with Crippen LogP contribution in [0.3, 0.4) is 0 Å². The van der Waals surface area contributed by atoms with Crippen LogP contribution in [0.2, 0.25) is 0 Å². The number of carboxylic acid groups (broad SMARTS) is 1. The maximum Gasteiger partial charge on any atom is 0.326 e. The molecule has 1 rings (SSSR count). The molecule has 8 nitrogen and oxygen atoms in total. The first-order valence-corrected chi connectivity index (χ1v) is 6.44. The summed E-state index contributed by atoms with van der Waals surface area (Å²) in [4.78, 5) is 34.7. The molecule has 0 saturated carbocycles. The van der Waals surface area contributed by atoms with Crippen LogP contribution in [-0.2, 0) is 20.8 Å². The summed E-state index contributed by atoms with van der Waals surface area (Å²) in [6.45, 7) is 2.51. The van der Waals surface area contributed by atoms with Gasteiger partial charge in [-0.05, 0) is 31.5 Å². The van der Waals surface area contributed by atoms with Crippen molar-refractivity contribution < 1.29 is 29.8 Å². The summed E-state index contributed by atoms with van der Waals surface area (Å²) in [7, 11) is 0. The van der Waals surface area contributed by atoms with E-state index in [-0.39, 0.29) is 12.2 Å². The lowest BCUT2D eigenvalue weighted by molar-refractivity contribution is -0.150. The van der Waals surface area contributed by atoms with Gasteiger partial charge in [-0.1, -0.05) is 12.1 Å². The van der Waals surface area contributed by atoms with Crippen molar-refractivity contribution in [3.8, 4) is 5.75 Å². The van der Waals surface area contributed by atoms with Crippen LogP contribution in [0.25, 0.3) is 0 Å². The molecule has 0 aliphatic rings. The van der Waals surface area contributed by atoms with E-state index in [2.05, 4.69) is 5.32 Å². The summed E-state index contributed by atoms with van der Waals surface area (Å²) >= 11 is 0. The highest BCUT2D eigenvalue weighted by Gasteiger charge is 2.38. The summed E-state index contributed by atoms with van der Waals surface area (Å²) < 4.78 is 0. The van der Waals surface area contributed by atoms with Crippen molar-refractivity contribution in [1.29, 1.82) is 0 Å². The van der Waals surface area contributed by atoms with Gasteiger partial charge >= 0.3 is 5.97 Å². The largest absolute Gasteiger partial charge is 0.508 e. The SMILES string of the molecule is CC(C)(C(=O)NO)C(=O)NC(Cc1ccc(O)cc1)C(=O)O. The number of aliphatic carboxylic acids is 1. The number of carbonyl (C=O) groups is 3. The number of hydrogen-bond acceptors (Lipinski definition) is 5. The smallest absolute Gasteiger partial charge is 0.326 e. The molecule has 8 heteroatoms. The highest BCUT2D eigenvalue weighted by molar-refractivity contribution is 6.04. The zero-order valence-corrected chi connectivity index (χ0v) is 12.2. The van der Waals surface area contributed by atoms with Gasteiger partial charge in [-0.3, -0.25) is 14.8 Å². The van der Waals surface area contributed by atoms with Gasteiger partial charge < -0.3 is 15.5 Å². The van der Waals surface area contributed by atoms with Crippen LogP contribution in [0.5, 0.6) is 5.75 Å². The van der Waals surface area contributed by atoms with Crippen molar-refractivity contribution in [2.45, 2.75) is 26.3 Å². The van der Waals surface area contributed by atoms with Gasteiger partial charge in [0.1, 0.15) is 17.2 Å². The third-order valence-corrected chi connectivity index (χ3v) is 3.22. The van der Waals surface area contributed by atoms with E-state index in [0.717, 1.165) is 0 Å². The molecule has 120 valence electrons. The fourth-order valence-electron chi connectivity index (χ4n) is 1.65. The predicted molar refractivity (Wildman–Crippen MR) is 75.1 cm³/mol. The second-order valence-corrected chi connectivity index (χ2v) is 5.30. The number of rotatable bonds is 6. The van der Waals surface area contributed by atoms with Crippen molar-refractivity contribution in [1.82, 2.24) is 10.8 Å². The Labute approximate surface area is 126 Å². The standard InChI is InChI=1S/C14H18N2O6/c1-14(2,13(21)16-22)12(20)15-10(11(18)19)7-8-3-5-9(17)6-4-8/h3-6,10,17,22H,7H2,1-2H3,(H,15,20)(H,16,21)(H,18,19). The van der Waals surface area contributed by atoms with Gasteiger partial charge in [0, 0.05) is 6.42 Å². The second kappa shape index (κ2) is 6.90. The molecule has 0 aliphatic carbocycles. The predicted octanol–water partition coefficient (Wildman–Crippen LogP) is 0.0357. The highest BCUT2D eigenvalue weighted by atomic mass is 16.5. The Hall–Kier alpha value is -2.61. The zero-order chi connectivity index (χ0) is 16.9. The van der Waals surface area contributed by atoms with Crippen LogP contribution >= 0.6 is 0 Å².